The van der Waals surface area contributed by atoms with Crippen molar-refractivity contribution in [1.82, 2.24) is 4.89 Å². The summed E-state index contributed by atoms with van der Waals surface area (Å²) < 4.78 is 23.1. The highest BCUT2D eigenvalue weighted by atomic mass is 32.2. The van der Waals surface area contributed by atoms with Gasteiger partial charge >= 0.3 is 0 Å². The highest BCUT2D eigenvalue weighted by Crippen LogP contribution is 2.34. The van der Waals surface area contributed by atoms with Crippen molar-refractivity contribution in [1.29, 1.82) is 0 Å². The molecule has 0 aliphatic heterocycles. The molecule has 2 N–H and O–H groups in total. The van der Waals surface area contributed by atoms with Crippen molar-refractivity contribution in [2.24, 2.45) is 0 Å². The maximum atomic E-state index is 11.6. The van der Waals surface area contributed by atoms with E-state index in [2.05, 4.69) is 0 Å². The summed E-state index contributed by atoms with van der Waals surface area (Å²) in [6.07, 6.45) is 2.31. The Hall–Kier alpha value is -0.910. The van der Waals surface area contributed by atoms with E-state index in [-0.39, 0.29) is 0 Å². The lowest BCUT2D eigenvalue weighted by Crippen LogP contribution is -2.28. The Labute approximate surface area is 88.9 Å². The molecule has 1 unspecified atom stereocenters. The van der Waals surface area contributed by atoms with Crippen LogP contribution in [0.15, 0.2) is 24.3 Å². The molecule has 82 valence electrons. The molecule has 0 radical (unpaired) electrons. The number of nitrogens with one attached hydrogen (secondary N) is 1. The molecule has 0 saturated carbocycles. The maximum Gasteiger partial charge on any atom is 0.240 e. The summed E-state index contributed by atoms with van der Waals surface area (Å²) in [5.41, 5.74) is 1.87. The summed E-state index contributed by atoms with van der Waals surface area (Å²) in [5.74, 6) is 0. The molecular formula is C10H13NO3S. The van der Waals surface area contributed by atoms with E-state index in [4.69, 9.17) is 5.21 Å². The quantitative estimate of drug-likeness (QED) is 0.750. The molecule has 1 aliphatic rings. The van der Waals surface area contributed by atoms with Gasteiger partial charge in [0.05, 0.1) is 0 Å². The van der Waals surface area contributed by atoms with Crippen molar-refractivity contribution < 1.29 is 13.6 Å². The normalized spacial score (nSPS) is 21.0. The third-order valence-corrected chi connectivity index (χ3v) is 4.31. The molecule has 2 rings (SSSR count). The fraction of sp³-hybridized carbons (Fsp3) is 0.400. The van der Waals surface area contributed by atoms with E-state index >= 15 is 0 Å². The van der Waals surface area contributed by atoms with Gasteiger partial charge in [-0.05, 0) is 30.4 Å². The van der Waals surface area contributed by atoms with E-state index in [0.29, 0.717) is 6.42 Å². The second-order valence-electron chi connectivity index (χ2n) is 3.72. The molecule has 1 aromatic carbocycles. The lowest BCUT2D eigenvalue weighted by molar-refractivity contribution is 0.240. The van der Waals surface area contributed by atoms with E-state index in [0.717, 1.165) is 24.0 Å². The minimum absolute atomic E-state index is 0.562. The number of fused-ring (bicyclic) bond motifs is 1. The number of benzene rings is 1. The van der Waals surface area contributed by atoms with E-state index in [1.165, 1.54) is 4.89 Å². The molecular weight excluding hydrogens is 214 g/mol. The summed E-state index contributed by atoms with van der Waals surface area (Å²) in [5, 5.41) is 8.02. The average molecular weight is 227 g/mol. The van der Waals surface area contributed by atoms with Gasteiger partial charge in [-0.25, -0.2) is 8.42 Å². The Bertz CT molecular complexity index is 455. The molecule has 15 heavy (non-hydrogen) atoms. The molecule has 0 fully saturated rings. The second kappa shape index (κ2) is 3.92. The predicted octanol–water partition coefficient (Wildman–Crippen LogP) is 1.37. The van der Waals surface area contributed by atoms with Gasteiger partial charge in [0.1, 0.15) is 5.25 Å². The largest absolute Gasteiger partial charge is 0.302 e. The summed E-state index contributed by atoms with van der Waals surface area (Å²) in [6, 6.07) is 7.48. The van der Waals surface area contributed by atoms with Crippen molar-refractivity contribution in [2.45, 2.75) is 24.5 Å². The van der Waals surface area contributed by atoms with Gasteiger partial charge < -0.3 is 5.21 Å². The second-order valence-corrected chi connectivity index (χ2v) is 5.56. The minimum Gasteiger partial charge on any atom is -0.302 e. The van der Waals surface area contributed by atoms with E-state index in [9.17, 15) is 8.42 Å². The van der Waals surface area contributed by atoms with Crippen molar-refractivity contribution in [3.8, 4) is 0 Å². The zero-order valence-electron chi connectivity index (χ0n) is 8.18. The van der Waals surface area contributed by atoms with Gasteiger partial charge in [0.2, 0.25) is 10.0 Å². The van der Waals surface area contributed by atoms with Crippen LogP contribution in [-0.4, -0.2) is 13.6 Å². The van der Waals surface area contributed by atoms with Crippen LogP contribution in [-0.2, 0) is 16.4 Å². The topological polar surface area (TPSA) is 66.4 Å². The minimum atomic E-state index is -3.63. The predicted molar refractivity (Wildman–Crippen MR) is 56.0 cm³/mol. The monoisotopic (exact) mass is 227 g/mol. The van der Waals surface area contributed by atoms with Crippen LogP contribution >= 0.6 is 0 Å². The Morgan fingerprint density at radius 2 is 2.07 bits per heavy atom. The molecule has 5 heteroatoms. The highest BCUT2D eigenvalue weighted by molar-refractivity contribution is 7.89. The highest BCUT2D eigenvalue weighted by Gasteiger charge is 2.30. The van der Waals surface area contributed by atoms with Crippen LogP contribution in [0, 0.1) is 0 Å². The summed E-state index contributed by atoms with van der Waals surface area (Å²) >= 11 is 0. The Morgan fingerprint density at radius 1 is 1.33 bits per heavy atom. The van der Waals surface area contributed by atoms with Crippen molar-refractivity contribution in [3.63, 3.8) is 0 Å². The van der Waals surface area contributed by atoms with Crippen LogP contribution in [0.3, 0.4) is 0 Å². The SMILES string of the molecule is O=S(=O)(NO)C1CCCc2ccccc21. The first-order valence-corrected chi connectivity index (χ1v) is 6.42. The molecule has 0 heterocycles. The molecule has 1 aliphatic carbocycles. The van der Waals surface area contributed by atoms with Crippen LogP contribution < -0.4 is 4.89 Å². The molecule has 0 saturated heterocycles. The average Bonchev–Trinajstić information content (AvgIpc) is 2.28. The van der Waals surface area contributed by atoms with Gasteiger partial charge in [-0.2, -0.15) is 0 Å². The van der Waals surface area contributed by atoms with Gasteiger partial charge in [0.25, 0.3) is 0 Å². The van der Waals surface area contributed by atoms with Gasteiger partial charge in [-0.15, -0.1) is 0 Å². The lowest BCUT2D eigenvalue weighted by Gasteiger charge is -2.24. The van der Waals surface area contributed by atoms with Gasteiger partial charge in [0, 0.05) is 0 Å². The van der Waals surface area contributed by atoms with Gasteiger partial charge in [0.15, 0.2) is 0 Å². The number of aryl methyl sites for hydroxylation is 1. The number of hydrogen-bond donors (Lipinski definition) is 2. The van der Waals surface area contributed by atoms with Crippen LogP contribution in [0.5, 0.6) is 0 Å². The van der Waals surface area contributed by atoms with Crippen molar-refractivity contribution in [3.05, 3.63) is 35.4 Å². The number of rotatable bonds is 2. The first kappa shape index (κ1) is 10.6. The van der Waals surface area contributed by atoms with Gasteiger partial charge in [-0.3, -0.25) is 0 Å². The molecule has 4 nitrogen and oxygen atoms in total. The smallest absolute Gasteiger partial charge is 0.240 e. The van der Waals surface area contributed by atoms with Crippen LogP contribution in [0.25, 0.3) is 0 Å². The molecule has 0 spiro atoms. The van der Waals surface area contributed by atoms with E-state index in [1.807, 2.05) is 24.3 Å². The van der Waals surface area contributed by atoms with Crippen molar-refractivity contribution in [2.75, 3.05) is 0 Å². The molecule has 0 bridgehead atoms. The maximum absolute atomic E-state index is 11.6. The molecule has 1 atom stereocenters. The van der Waals surface area contributed by atoms with Crippen molar-refractivity contribution >= 4 is 10.0 Å². The summed E-state index contributed by atoms with van der Waals surface area (Å²) in [6.45, 7) is 0. The molecule has 0 amide bonds. The lowest BCUT2D eigenvalue weighted by atomic mass is 9.91. The third kappa shape index (κ3) is 1.90. The molecule has 0 aromatic heterocycles. The zero-order valence-corrected chi connectivity index (χ0v) is 9.00. The standard InChI is InChI=1S/C10H13NO3S/c12-11-15(13,14)10-7-3-5-8-4-1-2-6-9(8)10/h1-2,4,6,10-12H,3,5,7H2. The summed E-state index contributed by atoms with van der Waals surface area (Å²) in [4.78, 5) is 1.42. The van der Waals surface area contributed by atoms with Gasteiger partial charge in [-0.1, -0.05) is 29.2 Å². The zero-order chi connectivity index (χ0) is 10.9. The van der Waals surface area contributed by atoms with E-state index < -0.39 is 15.3 Å². The van der Waals surface area contributed by atoms with Crippen LogP contribution in [0.2, 0.25) is 0 Å². The fourth-order valence-electron chi connectivity index (χ4n) is 2.10. The van der Waals surface area contributed by atoms with Crippen LogP contribution in [0.1, 0.15) is 29.2 Å². The Morgan fingerprint density at radius 3 is 2.80 bits per heavy atom. The summed E-state index contributed by atoms with van der Waals surface area (Å²) in [7, 11) is -3.63. The first-order valence-electron chi connectivity index (χ1n) is 4.87. The Kier molecular flexibility index (Phi) is 2.77. The number of hydrogen-bond acceptors (Lipinski definition) is 3. The third-order valence-electron chi connectivity index (χ3n) is 2.82. The molecule has 1 aromatic rings. The van der Waals surface area contributed by atoms with E-state index in [1.54, 1.807) is 0 Å². The first-order chi connectivity index (χ1) is 7.15. The number of sulfonamides is 1. The Balaban J connectivity index is 2.47. The van der Waals surface area contributed by atoms with Crippen LogP contribution in [0.4, 0.5) is 0 Å². The fourth-order valence-corrected chi connectivity index (χ4v) is 3.26.